The molecule has 3 rings (SSSR count). The van der Waals surface area contributed by atoms with E-state index in [1.54, 1.807) is 0 Å². The molecule has 0 aromatic carbocycles. The van der Waals surface area contributed by atoms with Crippen LogP contribution in [0, 0.1) is 0 Å². The molecule has 1 aliphatic carbocycles. The lowest BCUT2D eigenvalue weighted by Gasteiger charge is -2.20. The molecule has 2 heterocycles. The average molecular weight is 231 g/mol. The molecule has 0 fully saturated rings. The summed E-state index contributed by atoms with van der Waals surface area (Å²) in [6, 6.07) is 3.99. The van der Waals surface area contributed by atoms with Crippen LogP contribution in [0.4, 0.5) is 11.5 Å². The molecule has 1 aromatic heterocycles. The summed E-state index contributed by atoms with van der Waals surface area (Å²) in [5, 5.41) is 3.42. The van der Waals surface area contributed by atoms with Crippen molar-refractivity contribution in [1.29, 1.82) is 0 Å². The number of rotatable bonds is 0. The number of thiocarbonyl (C=S) groups is 1. The monoisotopic (exact) mass is 231 g/mol. The Bertz CT molecular complexity index is 493. The third kappa shape index (κ3) is 1.33. The molecule has 0 bridgehead atoms. The van der Waals surface area contributed by atoms with E-state index in [0.29, 0.717) is 0 Å². The van der Waals surface area contributed by atoms with Crippen LogP contribution in [-0.4, -0.2) is 17.0 Å². The summed E-state index contributed by atoms with van der Waals surface area (Å²) >= 11 is 5.53. The molecule has 16 heavy (non-hydrogen) atoms. The predicted molar refractivity (Wildman–Crippen MR) is 69.7 cm³/mol. The lowest BCUT2D eigenvalue weighted by atomic mass is 10.2. The molecule has 1 N–H and O–H groups in total. The number of hydrogen-bond acceptors (Lipinski definition) is 3. The standard InChI is InChI=1S/C12H13N3S/c1-15-10-6-3-7-13-11(10)14-9-5-2-4-8(9)12(15)16/h3,6-7H,2,4-5H2,1H3,(H,13,14). The Morgan fingerprint density at radius 1 is 1.44 bits per heavy atom. The van der Waals surface area contributed by atoms with Gasteiger partial charge >= 0.3 is 0 Å². The maximum atomic E-state index is 5.53. The van der Waals surface area contributed by atoms with E-state index in [-0.39, 0.29) is 0 Å². The summed E-state index contributed by atoms with van der Waals surface area (Å²) in [6.07, 6.45) is 5.16. The van der Waals surface area contributed by atoms with Crippen LogP contribution >= 0.6 is 12.2 Å². The average Bonchev–Trinajstić information content (AvgIpc) is 2.72. The van der Waals surface area contributed by atoms with E-state index in [4.69, 9.17) is 12.2 Å². The SMILES string of the molecule is CN1C(=S)C2=C(CCC2)Nc2ncccc21. The molecular formula is C12H13N3S. The number of nitrogens with zero attached hydrogens (tertiary/aromatic N) is 2. The fraction of sp³-hybridized carbons (Fsp3) is 0.333. The third-order valence-corrected chi connectivity index (χ3v) is 3.72. The molecule has 0 radical (unpaired) electrons. The molecule has 3 nitrogen and oxygen atoms in total. The molecular weight excluding hydrogens is 218 g/mol. The minimum absolute atomic E-state index is 0.916. The van der Waals surface area contributed by atoms with Gasteiger partial charge in [0, 0.05) is 24.5 Å². The zero-order valence-electron chi connectivity index (χ0n) is 9.16. The number of fused-ring (bicyclic) bond motifs is 1. The largest absolute Gasteiger partial charge is 0.342 e. The molecule has 0 spiro atoms. The summed E-state index contributed by atoms with van der Waals surface area (Å²) in [7, 11) is 2.01. The van der Waals surface area contributed by atoms with Gasteiger partial charge in [-0.1, -0.05) is 12.2 Å². The lowest BCUT2D eigenvalue weighted by molar-refractivity contribution is 0.900. The van der Waals surface area contributed by atoms with Crippen molar-refractivity contribution in [3.8, 4) is 0 Å². The fourth-order valence-electron chi connectivity index (χ4n) is 2.34. The van der Waals surface area contributed by atoms with Gasteiger partial charge in [-0.2, -0.15) is 0 Å². The normalized spacial score (nSPS) is 19.1. The second-order valence-electron chi connectivity index (χ2n) is 4.17. The topological polar surface area (TPSA) is 28.2 Å². The van der Waals surface area contributed by atoms with E-state index in [1.807, 2.05) is 25.4 Å². The van der Waals surface area contributed by atoms with Crippen LogP contribution in [0.3, 0.4) is 0 Å². The van der Waals surface area contributed by atoms with Crippen molar-refractivity contribution in [2.24, 2.45) is 0 Å². The Kier molecular flexibility index (Phi) is 2.17. The first-order valence-corrected chi connectivity index (χ1v) is 5.90. The van der Waals surface area contributed by atoms with Gasteiger partial charge in [-0.3, -0.25) is 0 Å². The van der Waals surface area contributed by atoms with Gasteiger partial charge in [0.05, 0.1) is 5.69 Å². The first kappa shape index (κ1) is 9.78. The highest BCUT2D eigenvalue weighted by Gasteiger charge is 2.26. The zero-order valence-corrected chi connectivity index (χ0v) is 9.97. The molecule has 0 saturated heterocycles. The van der Waals surface area contributed by atoms with Gasteiger partial charge in [0.25, 0.3) is 0 Å². The molecule has 0 saturated carbocycles. The number of pyridine rings is 1. The number of nitrogens with one attached hydrogen (secondary N) is 1. The quantitative estimate of drug-likeness (QED) is 0.695. The van der Waals surface area contributed by atoms with Crippen LogP contribution in [0.2, 0.25) is 0 Å². The molecule has 1 aliphatic heterocycles. The molecule has 2 aliphatic rings. The van der Waals surface area contributed by atoms with Gasteiger partial charge < -0.3 is 10.2 Å². The Labute approximate surface area is 100 Å². The van der Waals surface area contributed by atoms with Crippen molar-refractivity contribution in [2.45, 2.75) is 19.3 Å². The maximum absolute atomic E-state index is 5.53. The van der Waals surface area contributed by atoms with Gasteiger partial charge in [0.1, 0.15) is 4.99 Å². The van der Waals surface area contributed by atoms with Crippen LogP contribution < -0.4 is 10.2 Å². The van der Waals surface area contributed by atoms with Crippen LogP contribution in [0.1, 0.15) is 19.3 Å². The second kappa shape index (κ2) is 3.56. The number of anilines is 2. The number of aromatic nitrogens is 1. The van der Waals surface area contributed by atoms with Crippen molar-refractivity contribution < 1.29 is 0 Å². The highest BCUT2D eigenvalue weighted by Crippen LogP contribution is 2.36. The highest BCUT2D eigenvalue weighted by molar-refractivity contribution is 7.81. The van der Waals surface area contributed by atoms with E-state index in [1.165, 1.54) is 17.7 Å². The molecule has 82 valence electrons. The predicted octanol–water partition coefficient (Wildman–Crippen LogP) is 2.71. The highest BCUT2D eigenvalue weighted by atomic mass is 32.1. The maximum Gasteiger partial charge on any atom is 0.154 e. The minimum atomic E-state index is 0.916. The van der Waals surface area contributed by atoms with Crippen molar-refractivity contribution in [3.63, 3.8) is 0 Å². The Morgan fingerprint density at radius 2 is 2.31 bits per heavy atom. The van der Waals surface area contributed by atoms with E-state index in [2.05, 4.69) is 15.2 Å². The zero-order chi connectivity index (χ0) is 11.1. The Hall–Kier alpha value is -1.42. The van der Waals surface area contributed by atoms with Gasteiger partial charge in [0.2, 0.25) is 0 Å². The van der Waals surface area contributed by atoms with Gasteiger partial charge in [-0.15, -0.1) is 0 Å². The first-order chi connectivity index (χ1) is 7.77. The molecule has 4 heteroatoms. The lowest BCUT2D eigenvalue weighted by Crippen LogP contribution is -2.25. The van der Waals surface area contributed by atoms with Gasteiger partial charge in [-0.25, -0.2) is 4.98 Å². The number of allylic oxidation sites excluding steroid dienone is 1. The fourth-order valence-corrected chi connectivity index (χ4v) is 2.66. The van der Waals surface area contributed by atoms with E-state index in [0.717, 1.165) is 29.3 Å². The number of likely N-dealkylation sites (N-methyl/N-ethyl adjacent to an activating group) is 1. The van der Waals surface area contributed by atoms with Crippen LogP contribution in [0.15, 0.2) is 29.6 Å². The summed E-state index contributed by atoms with van der Waals surface area (Å²) < 4.78 is 0. The van der Waals surface area contributed by atoms with Gasteiger partial charge in [0.15, 0.2) is 5.82 Å². The Balaban J connectivity index is 2.15. The minimum Gasteiger partial charge on any atom is -0.342 e. The Morgan fingerprint density at radius 3 is 3.19 bits per heavy atom. The van der Waals surface area contributed by atoms with Gasteiger partial charge in [-0.05, 0) is 31.4 Å². The molecule has 0 amide bonds. The van der Waals surface area contributed by atoms with Crippen molar-refractivity contribution >= 4 is 28.7 Å². The summed E-state index contributed by atoms with van der Waals surface area (Å²) in [5.74, 6) is 0.916. The van der Waals surface area contributed by atoms with E-state index < -0.39 is 0 Å². The summed E-state index contributed by atoms with van der Waals surface area (Å²) in [6.45, 7) is 0. The van der Waals surface area contributed by atoms with E-state index in [9.17, 15) is 0 Å². The smallest absolute Gasteiger partial charge is 0.154 e. The van der Waals surface area contributed by atoms with Crippen molar-refractivity contribution in [1.82, 2.24) is 4.98 Å². The molecule has 0 unspecified atom stereocenters. The summed E-state index contributed by atoms with van der Waals surface area (Å²) in [4.78, 5) is 7.37. The third-order valence-electron chi connectivity index (χ3n) is 3.20. The van der Waals surface area contributed by atoms with Crippen LogP contribution in [-0.2, 0) is 0 Å². The van der Waals surface area contributed by atoms with E-state index >= 15 is 0 Å². The second-order valence-corrected chi connectivity index (χ2v) is 4.56. The van der Waals surface area contributed by atoms with Crippen molar-refractivity contribution in [3.05, 3.63) is 29.6 Å². The molecule has 0 atom stereocenters. The first-order valence-electron chi connectivity index (χ1n) is 5.49. The summed E-state index contributed by atoms with van der Waals surface area (Å²) in [5.41, 5.74) is 3.60. The van der Waals surface area contributed by atoms with Crippen molar-refractivity contribution in [2.75, 3.05) is 17.3 Å². The molecule has 1 aromatic rings. The van der Waals surface area contributed by atoms with Crippen LogP contribution in [0.5, 0.6) is 0 Å². The van der Waals surface area contributed by atoms with Crippen LogP contribution in [0.25, 0.3) is 0 Å². The number of hydrogen-bond donors (Lipinski definition) is 1.